The van der Waals surface area contributed by atoms with E-state index in [1.54, 1.807) is 19.2 Å². The van der Waals surface area contributed by atoms with Gasteiger partial charge in [0.15, 0.2) is 11.5 Å². The molecule has 2 aliphatic rings. The van der Waals surface area contributed by atoms with Crippen LogP contribution in [0.3, 0.4) is 0 Å². The standard InChI is InChI=1S/C22H25ClN2O4/c1-27-16-6-2-5-15(11-16)19-7-3-8-25(19)14-22(26)24-18-13-21-20(12-17(18)23)28-9-4-10-29-21/h2,5-6,11-13,19H,3-4,7-10,14H2,1H3,(H,24,26). The van der Waals surface area contributed by atoms with E-state index in [1.165, 1.54) is 5.56 Å². The van der Waals surface area contributed by atoms with Crippen LogP contribution in [0.5, 0.6) is 17.2 Å². The number of hydrogen-bond acceptors (Lipinski definition) is 5. The lowest BCUT2D eigenvalue weighted by molar-refractivity contribution is -0.117. The lowest BCUT2D eigenvalue weighted by Crippen LogP contribution is -2.33. The van der Waals surface area contributed by atoms with Gasteiger partial charge in [-0.3, -0.25) is 9.69 Å². The fourth-order valence-electron chi connectivity index (χ4n) is 3.90. The molecule has 2 aliphatic heterocycles. The first-order valence-corrected chi connectivity index (χ1v) is 10.3. The second-order valence-corrected chi connectivity index (χ2v) is 7.69. The monoisotopic (exact) mass is 416 g/mol. The number of nitrogens with zero attached hydrogens (tertiary/aromatic N) is 1. The summed E-state index contributed by atoms with van der Waals surface area (Å²) in [7, 11) is 1.66. The molecular weight excluding hydrogens is 392 g/mol. The molecule has 0 saturated carbocycles. The summed E-state index contributed by atoms with van der Waals surface area (Å²) in [4.78, 5) is 14.9. The molecule has 154 valence electrons. The van der Waals surface area contributed by atoms with Crippen molar-refractivity contribution < 1.29 is 19.0 Å². The van der Waals surface area contributed by atoms with Gasteiger partial charge in [-0.2, -0.15) is 0 Å². The normalized spacial score (nSPS) is 18.9. The SMILES string of the molecule is COc1cccc(C2CCCN2CC(=O)Nc2cc3c(cc2Cl)OCCCO3)c1. The van der Waals surface area contributed by atoms with E-state index in [0.29, 0.717) is 42.0 Å². The number of amides is 1. The lowest BCUT2D eigenvalue weighted by Gasteiger charge is -2.24. The molecule has 0 spiro atoms. The van der Waals surface area contributed by atoms with Crippen LogP contribution in [0, 0.1) is 0 Å². The van der Waals surface area contributed by atoms with Crippen molar-refractivity contribution in [3.8, 4) is 17.2 Å². The molecular formula is C22H25ClN2O4. The maximum Gasteiger partial charge on any atom is 0.238 e. The van der Waals surface area contributed by atoms with Gasteiger partial charge in [-0.05, 0) is 37.1 Å². The quantitative estimate of drug-likeness (QED) is 0.788. The molecule has 2 heterocycles. The molecule has 1 N–H and O–H groups in total. The van der Waals surface area contributed by atoms with Crippen molar-refractivity contribution in [1.29, 1.82) is 0 Å². The molecule has 0 radical (unpaired) electrons. The highest BCUT2D eigenvalue weighted by Gasteiger charge is 2.28. The van der Waals surface area contributed by atoms with Crippen molar-refractivity contribution in [2.75, 3.05) is 38.7 Å². The number of carbonyl (C=O) groups is 1. The van der Waals surface area contributed by atoms with E-state index in [4.69, 9.17) is 25.8 Å². The highest BCUT2D eigenvalue weighted by molar-refractivity contribution is 6.34. The Balaban J connectivity index is 1.44. The molecule has 0 bridgehead atoms. The number of nitrogens with one attached hydrogen (secondary N) is 1. The molecule has 29 heavy (non-hydrogen) atoms. The van der Waals surface area contributed by atoms with Crippen molar-refractivity contribution in [2.45, 2.75) is 25.3 Å². The van der Waals surface area contributed by atoms with E-state index in [9.17, 15) is 4.79 Å². The highest BCUT2D eigenvalue weighted by Crippen LogP contribution is 2.38. The van der Waals surface area contributed by atoms with Gasteiger partial charge in [-0.1, -0.05) is 23.7 Å². The Hall–Kier alpha value is -2.44. The van der Waals surface area contributed by atoms with Crippen LogP contribution in [-0.2, 0) is 4.79 Å². The smallest absolute Gasteiger partial charge is 0.238 e. The number of methoxy groups -OCH3 is 1. The topological polar surface area (TPSA) is 60.0 Å². The summed E-state index contributed by atoms with van der Waals surface area (Å²) in [5.41, 5.74) is 1.71. The Labute approximate surface area is 175 Å². The number of ether oxygens (including phenoxy) is 3. The molecule has 1 fully saturated rings. The summed E-state index contributed by atoms with van der Waals surface area (Å²) in [5.74, 6) is 1.95. The fourth-order valence-corrected chi connectivity index (χ4v) is 4.10. The number of likely N-dealkylation sites (tertiary alicyclic amines) is 1. The van der Waals surface area contributed by atoms with Crippen LogP contribution in [-0.4, -0.2) is 44.2 Å². The number of carbonyl (C=O) groups excluding carboxylic acids is 1. The number of anilines is 1. The van der Waals surface area contributed by atoms with Crippen LogP contribution >= 0.6 is 11.6 Å². The predicted molar refractivity (Wildman–Crippen MR) is 112 cm³/mol. The molecule has 0 aliphatic carbocycles. The molecule has 7 heteroatoms. The number of benzene rings is 2. The van der Waals surface area contributed by atoms with E-state index in [-0.39, 0.29) is 11.9 Å². The third kappa shape index (κ3) is 4.60. The largest absolute Gasteiger partial charge is 0.497 e. The number of hydrogen-bond donors (Lipinski definition) is 1. The molecule has 0 aromatic heterocycles. The average Bonchev–Trinajstić information content (AvgIpc) is 3.06. The van der Waals surface area contributed by atoms with Gasteiger partial charge in [0.25, 0.3) is 0 Å². The van der Waals surface area contributed by atoms with Crippen LogP contribution < -0.4 is 19.5 Å². The fraction of sp³-hybridized carbons (Fsp3) is 0.409. The van der Waals surface area contributed by atoms with Gasteiger partial charge in [0.1, 0.15) is 5.75 Å². The minimum absolute atomic E-state index is 0.101. The van der Waals surface area contributed by atoms with Crippen LogP contribution in [0.2, 0.25) is 5.02 Å². The Morgan fingerprint density at radius 1 is 1.21 bits per heavy atom. The van der Waals surface area contributed by atoms with Crippen molar-refractivity contribution in [1.82, 2.24) is 4.90 Å². The van der Waals surface area contributed by atoms with Gasteiger partial charge < -0.3 is 19.5 Å². The second kappa shape index (κ2) is 8.93. The van der Waals surface area contributed by atoms with Crippen LogP contribution in [0.15, 0.2) is 36.4 Å². The molecule has 1 atom stereocenters. The maximum absolute atomic E-state index is 12.7. The summed E-state index contributed by atoms with van der Waals surface area (Å²) < 4.78 is 16.7. The summed E-state index contributed by atoms with van der Waals surface area (Å²) >= 11 is 6.36. The van der Waals surface area contributed by atoms with E-state index in [1.807, 2.05) is 18.2 Å². The van der Waals surface area contributed by atoms with Gasteiger partial charge >= 0.3 is 0 Å². The molecule has 1 unspecified atom stereocenters. The highest BCUT2D eigenvalue weighted by atomic mass is 35.5. The van der Waals surface area contributed by atoms with E-state index in [2.05, 4.69) is 16.3 Å². The number of fused-ring (bicyclic) bond motifs is 1. The third-order valence-electron chi connectivity index (χ3n) is 5.30. The molecule has 2 aromatic carbocycles. The summed E-state index contributed by atoms with van der Waals surface area (Å²) in [5, 5.41) is 3.37. The second-order valence-electron chi connectivity index (χ2n) is 7.28. The first-order chi connectivity index (χ1) is 14.1. The first-order valence-electron chi connectivity index (χ1n) is 9.91. The molecule has 4 rings (SSSR count). The van der Waals surface area contributed by atoms with E-state index in [0.717, 1.165) is 31.6 Å². The van der Waals surface area contributed by atoms with Crippen molar-refractivity contribution >= 4 is 23.2 Å². The van der Waals surface area contributed by atoms with Gasteiger partial charge in [-0.15, -0.1) is 0 Å². The van der Waals surface area contributed by atoms with Crippen LogP contribution in [0.1, 0.15) is 30.9 Å². The summed E-state index contributed by atoms with van der Waals surface area (Å²) in [6.45, 7) is 2.35. The number of rotatable bonds is 5. The maximum atomic E-state index is 12.7. The Bertz CT molecular complexity index is 889. The minimum atomic E-state index is -0.101. The Kier molecular flexibility index (Phi) is 6.11. The van der Waals surface area contributed by atoms with Gasteiger partial charge in [0.2, 0.25) is 5.91 Å². The van der Waals surface area contributed by atoms with Crippen molar-refractivity contribution in [3.05, 3.63) is 47.0 Å². The van der Waals surface area contributed by atoms with Gasteiger partial charge in [0, 0.05) is 24.6 Å². The van der Waals surface area contributed by atoms with Crippen LogP contribution in [0.4, 0.5) is 5.69 Å². The lowest BCUT2D eigenvalue weighted by atomic mass is 10.0. The van der Waals surface area contributed by atoms with Crippen LogP contribution in [0.25, 0.3) is 0 Å². The molecule has 6 nitrogen and oxygen atoms in total. The minimum Gasteiger partial charge on any atom is -0.497 e. The molecule has 1 amide bonds. The summed E-state index contributed by atoms with van der Waals surface area (Å²) in [6, 6.07) is 11.7. The summed E-state index contributed by atoms with van der Waals surface area (Å²) in [6.07, 6.45) is 2.89. The zero-order valence-corrected chi connectivity index (χ0v) is 17.2. The Morgan fingerprint density at radius 2 is 2.00 bits per heavy atom. The van der Waals surface area contributed by atoms with Crippen molar-refractivity contribution in [2.24, 2.45) is 0 Å². The zero-order valence-electron chi connectivity index (χ0n) is 16.4. The predicted octanol–water partition coefficient (Wildman–Crippen LogP) is 4.29. The van der Waals surface area contributed by atoms with Crippen molar-refractivity contribution in [3.63, 3.8) is 0 Å². The number of halogens is 1. The van der Waals surface area contributed by atoms with Gasteiger partial charge in [-0.25, -0.2) is 0 Å². The van der Waals surface area contributed by atoms with Gasteiger partial charge in [0.05, 0.1) is 37.6 Å². The molecule has 1 saturated heterocycles. The zero-order chi connectivity index (χ0) is 20.2. The third-order valence-corrected chi connectivity index (χ3v) is 5.61. The molecule has 2 aromatic rings. The Morgan fingerprint density at radius 3 is 2.79 bits per heavy atom. The first kappa shape index (κ1) is 19.9. The average molecular weight is 417 g/mol. The van der Waals surface area contributed by atoms with E-state index < -0.39 is 0 Å². The van der Waals surface area contributed by atoms with E-state index >= 15 is 0 Å².